The molecule has 0 spiro atoms. The summed E-state index contributed by atoms with van der Waals surface area (Å²) < 4.78 is 12.7. The molecule has 4 aromatic rings. The van der Waals surface area contributed by atoms with Crippen LogP contribution in [0.1, 0.15) is 24.2 Å². The van der Waals surface area contributed by atoms with E-state index in [1.807, 2.05) is 64.5 Å². The molecular weight excluding hydrogens is 532 g/mol. The van der Waals surface area contributed by atoms with Gasteiger partial charge in [0.05, 0.1) is 19.5 Å². The second kappa shape index (κ2) is 13.3. The molecule has 0 atom stereocenters. The summed E-state index contributed by atoms with van der Waals surface area (Å²) in [5, 5.41) is 14.4. The maximum absolute atomic E-state index is 12.9. The first-order valence-corrected chi connectivity index (χ1v) is 14.2. The number of amides is 1. The van der Waals surface area contributed by atoms with Crippen molar-refractivity contribution in [1.82, 2.24) is 14.8 Å². The molecule has 2 aromatic heterocycles. The number of hydrogen-bond donors (Lipinski definition) is 1. The van der Waals surface area contributed by atoms with Gasteiger partial charge in [-0.3, -0.25) is 9.36 Å². The van der Waals surface area contributed by atoms with E-state index in [1.165, 1.54) is 30.2 Å². The highest BCUT2D eigenvalue weighted by Gasteiger charge is 2.23. The molecule has 10 heteroatoms. The van der Waals surface area contributed by atoms with Crippen LogP contribution in [0.3, 0.4) is 0 Å². The van der Waals surface area contributed by atoms with Gasteiger partial charge < -0.3 is 14.8 Å². The van der Waals surface area contributed by atoms with Crippen molar-refractivity contribution in [2.75, 3.05) is 24.8 Å². The highest BCUT2D eigenvalue weighted by molar-refractivity contribution is 7.99. The van der Waals surface area contributed by atoms with Gasteiger partial charge in [-0.15, -0.1) is 28.1 Å². The molecule has 0 aliphatic heterocycles. The van der Waals surface area contributed by atoms with Crippen molar-refractivity contribution in [2.24, 2.45) is 5.92 Å². The molecule has 0 saturated heterocycles. The van der Waals surface area contributed by atoms with E-state index in [-0.39, 0.29) is 11.7 Å². The Morgan fingerprint density at radius 1 is 1.10 bits per heavy atom. The average Bonchev–Trinajstić information content (AvgIpc) is 3.55. The molecule has 0 fully saturated rings. The van der Waals surface area contributed by atoms with Crippen molar-refractivity contribution in [1.29, 1.82) is 0 Å². The second-order valence-electron chi connectivity index (χ2n) is 8.98. The van der Waals surface area contributed by atoms with Crippen molar-refractivity contribution in [2.45, 2.75) is 25.5 Å². The summed E-state index contributed by atoms with van der Waals surface area (Å²) in [4.78, 5) is 25.5. The highest BCUT2D eigenvalue weighted by atomic mass is 32.2. The van der Waals surface area contributed by atoms with Crippen LogP contribution in [0.25, 0.3) is 22.5 Å². The number of allylic oxidation sites excluding steroid dienone is 1. The first kappa shape index (κ1) is 28.1. The number of hydrogen-bond acceptors (Lipinski definition) is 8. The molecule has 39 heavy (non-hydrogen) atoms. The third-order valence-electron chi connectivity index (χ3n) is 5.58. The fourth-order valence-corrected chi connectivity index (χ4v) is 5.46. The van der Waals surface area contributed by atoms with E-state index in [0.29, 0.717) is 46.2 Å². The third-order valence-corrected chi connectivity index (χ3v) is 7.44. The van der Waals surface area contributed by atoms with Crippen LogP contribution in [0, 0.1) is 5.92 Å². The van der Waals surface area contributed by atoms with E-state index >= 15 is 0 Å². The standard InChI is InChI=1S/C29H30N4O4S2/c1-5-15-33-26(21-11-13-22(14-12-21)37-16-19(2)3)31-32-29(33)39-18-24(34)30-27-25(28(35)36-4)23(17-38-27)20-9-7-6-8-10-20/h5-14,17,19H,1,15-16,18H2,2-4H3,(H,30,34). The second-order valence-corrected chi connectivity index (χ2v) is 10.8. The van der Waals surface area contributed by atoms with Gasteiger partial charge in [0, 0.05) is 23.1 Å². The molecule has 2 aromatic carbocycles. The first-order chi connectivity index (χ1) is 18.9. The smallest absolute Gasteiger partial charge is 0.341 e. The van der Waals surface area contributed by atoms with Crippen molar-refractivity contribution >= 4 is 40.0 Å². The Morgan fingerprint density at radius 2 is 1.85 bits per heavy atom. The fraction of sp³-hybridized carbons (Fsp3) is 0.241. The van der Waals surface area contributed by atoms with Crippen LogP contribution in [0.5, 0.6) is 5.75 Å². The van der Waals surface area contributed by atoms with Crippen LogP contribution in [0.15, 0.2) is 77.8 Å². The van der Waals surface area contributed by atoms with Crippen LogP contribution in [-0.2, 0) is 16.1 Å². The summed E-state index contributed by atoms with van der Waals surface area (Å²) in [6.45, 7) is 9.19. The summed E-state index contributed by atoms with van der Waals surface area (Å²) in [5.41, 5.74) is 2.80. The van der Waals surface area contributed by atoms with E-state index in [9.17, 15) is 9.59 Å². The summed E-state index contributed by atoms with van der Waals surface area (Å²) in [5.74, 6) is 1.21. The molecule has 0 unspecified atom stereocenters. The summed E-state index contributed by atoms with van der Waals surface area (Å²) in [7, 11) is 1.33. The number of thioether (sulfide) groups is 1. The number of rotatable bonds is 12. The van der Waals surface area contributed by atoms with Crippen LogP contribution < -0.4 is 10.1 Å². The van der Waals surface area contributed by atoms with Crippen molar-refractivity contribution < 1.29 is 19.1 Å². The van der Waals surface area contributed by atoms with Crippen LogP contribution in [0.2, 0.25) is 0 Å². The zero-order valence-electron chi connectivity index (χ0n) is 22.0. The number of carbonyl (C=O) groups is 2. The van der Waals surface area contributed by atoms with Gasteiger partial charge in [-0.2, -0.15) is 0 Å². The normalized spacial score (nSPS) is 10.9. The van der Waals surface area contributed by atoms with Crippen molar-refractivity contribution in [3.63, 3.8) is 0 Å². The summed E-state index contributed by atoms with van der Waals surface area (Å²) in [6.07, 6.45) is 1.76. The number of nitrogens with one attached hydrogen (secondary N) is 1. The van der Waals surface area contributed by atoms with Gasteiger partial charge in [-0.25, -0.2) is 4.79 Å². The largest absolute Gasteiger partial charge is 0.493 e. The Hall–Kier alpha value is -3.89. The molecule has 1 N–H and O–H groups in total. The Bertz CT molecular complexity index is 1430. The Labute approximate surface area is 236 Å². The molecule has 0 radical (unpaired) electrons. The van der Waals surface area contributed by atoms with Crippen molar-refractivity contribution in [3.8, 4) is 28.3 Å². The van der Waals surface area contributed by atoms with Gasteiger partial charge in [-0.05, 0) is 35.7 Å². The topological polar surface area (TPSA) is 95.3 Å². The number of carbonyl (C=O) groups excluding carboxylic acids is 2. The fourth-order valence-electron chi connectivity index (χ4n) is 3.74. The van der Waals surface area contributed by atoms with Gasteiger partial charge in [0.1, 0.15) is 16.3 Å². The zero-order chi connectivity index (χ0) is 27.8. The number of nitrogens with zero attached hydrogens (tertiary/aromatic N) is 3. The molecule has 4 rings (SSSR count). The molecule has 0 saturated carbocycles. The van der Waals surface area contributed by atoms with Gasteiger partial charge in [0.15, 0.2) is 11.0 Å². The molecule has 0 aliphatic rings. The maximum Gasteiger partial charge on any atom is 0.341 e. The lowest BCUT2D eigenvalue weighted by molar-refractivity contribution is -0.113. The van der Waals surface area contributed by atoms with E-state index in [0.717, 1.165) is 16.9 Å². The number of methoxy groups -OCH3 is 1. The molecule has 8 nitrogen and oxygen atoms in total. The maximum atomic E-state index is 12.9. The molecular formula is C29H30N4O4S2. The average molecular weight is 563 g/mol. The number of aromatic nitrogens is 3. The monoisotopic (exact) mass is 562 g/mol. The quantitative estimate of drug-likeness (QED) is 0.121. The van der Waals surface area contributed by atoms with Crippen molar-refractivity contribution in [3.05, 3.63) is 78.2 Å². The minimum Gasteiger partial charge on any atom is -0.493 e. The molecule has 2 heterocycles. The van der Waals surface area contributed by atoms with Crippen LogP contribution in [0.4, 0.5) is 5.00 Å². The molecule has 1 amide bonds. The minimum absolute atomic E-state index is 0.0798. The lowest BCUT2D eigenvalue weighted by Gasteiger charge is -2.10. The van der Waals surface area contributed by atoms with E-state index in [2.05, 4.69) is 35.9 Å². The number of ether oxygens (including phenoxy) is 2. The van der Waals surface area contributed by atoms with Gasteiger partial charge in [0.25, 0.3) is 0 Å². The predicted octanol–water partition coefficient (Wildman–Crippen LogP) is 6.41. The van der Waals surface area contributed by atoms with E-state index < -0.39 is 5.97 Å². The lowest BCUT2D eigenvalue weighted by atomic mass is 10.0. The lowest BCUT2D eigenvalue weighted by Crippen LogP contribution is -2.16. The van der Waals surface area contributed by atoms with Crippen LogP contribution in [-0.4, -0.2) is 46.1 Å². The van der Waals surface area contributed by atoms with E-state index in [4.69, 9.17) is 9.47 Å². The zero-order valence-corrected chi connectivity index (χ0v) is 23.7. The van der Waals surface area contributed by atoms with Gasteiger partial charge in [0.2, 0.25) is 5.91 Å². The summed E-state index contributed by atoms with van der Waals surface area (Å²) >= 11 is 2.55. The summed E-state index contributed by atoms with van der Waals surface area (Å²) in [6, 6.07) is 17.2. The molecule has 0 aliphatic carbocycles. The third kappa shape index (κ3) is 6.96. The number of esters is 1. The number of thiophene rings is 1. The van der Waals surface area contributed by atoms with Gasteiger partial charge in [-0.1, -0.05) is 62.0 Å². The number of anilines is 1. The number of benzene rings is 2. The SMILES string of the molecule is C=CCn1c(SCC(=O)Nc2scc(-c3ccccc3)c2C(=O)OC)nnc1-c1ccc(OCC(C)C)cc1. The van der Waals surface area contributed by atoms with E-state index in [1.54, 1.807) is 6.08 Å². The Kier molecular flexibility index (Phi) is 9.56. The molecule has 0 bridgehead atoms. The molecule has 202 valence electrons. The Balaban J connectivity index is 1.47. The predicted molar refractivity (Wildman–Crippen MR) is 156 cm³/mol. The highest BCUT2D eigenvalue weighted by Crippen LogP contribution is 2.36. The minimum atomic E-state index is -0.506. The van der Waals surface area contributed by atoms with Gasteiger partial charge >= 0.3 is 5.97 Å². The van der Waals surface area contributed by atoms with Crippen LogP contribution >= 0.6 is 23.1 Å². The first-order valence-electron chi connectivity index (χ1n) is 12.4. The Morgan fingerprint density at radius 3 is 2.51 bits per heavy atom.